The Bertz CT molecular complexity index is 351. The molecular weight excluding hydrogens is 209 g/mol. The molecule has 0 aliphatic carbocycles. The van der Waals surface area contributed by atoms with Crippen LogP contribution in [0.4, 0.5) is 4.39 Å². The number of likely N-dealkylation sites (N-methyl/N-ethyl adjacent to an activating group) is 1. The number of carbonyl (C=O) groups excluding carboxylic acids is 1. The van der Waals surface area contributed by atoms with E-state index in [1.54, 1.807) is 24.1 Å². The van der Waals surface area contributed by atoms with E-state index in [9.17, 15) is 9.18 Å². The zero-order valence-corrected chi connectivity index (χ0v) is 9.74. The van der Waals surface area contributed by atoms with Crippen LogP contribution >= 0.6 is 0 Å². The number of hydrogen-bond donors (Lipinski definition) is 0. The molecule has 0 aliphatic rings. The number of nitrogens with zero attached hydrogens (tertiary/aromatic N) is 1. The predicted molar refractivity (Wildman–Crippen MR) is 59.5 cm³/mol. The van der Waals surface area contributed by atoms with Crippen LogP contribution in [0.25, 0.3) is 0 Å². The summed E-state index contributed by atoms with van der Waals surface area (Å²) in [7, 11) is 3.18. The van der Waals surface area contributed by atoms with Gasteiger partial charge in [0.15, 0.2) is 0 Å². The highest BCUT2D eigenvalue weighted by molar-refractivity contribution is 5.77. The Labute approximate surface area is 94.8 Å². The summed E-state index contributed by atoms with van der Waals surface area (Å²) in [4.78, 5) is 13.1. The largest absolute Gasteiger partial charge is 0.375 e. The third-order valence-corrected chi connectivity index (χ3v) is 2.59. The Morgan fingerprint density at radius 3 is 2.50 bits per heavy atom. The highest BCUT2D eigenvalue weighted by Gasteiger charge is 2.16. The lowest BCUT2D eigenvalue weighted by atomic mass is 10.1. The van der Waals surface area contributed by atoms with Crippen LogP contribution < -0.4 is 0 Å². The quantitative estimate of drug-likeness (QED) is 0.784. The second-order valence-electron chi connectivity index (χ2n) is 3.67. The van der Waals surface area contributed by atoms with E-state index in [0.29, 0.717) is 0 Å². The Morgan fingerprint density at radius 2 is 2.00 bits per heavy atom. The van der Waals surface area contributed by atoms with Gasteiger partial charge in [-0.3, -0.25) is 4.79 Å². The van der Waals surface area contributed by atoms with Crippen LogP contribution in [0.5, 0.6) is 0 Å². The zero-order valence-electron chi connectivity index (χ0n) is 9.74. The summed E-state index contributed by atoms with van der Waals surface area (Å²) in [5, 5.41) is 0. The molecule has 16 heavy (non-hydrogen) atoms. The van der Waals surface area contributed by atoms with Gasteiger partial charge in [-0.25, -0.2) is 4.39 Å². The molecule has 0 radical (unpaired) electrons. The van der Waals surface area contributed by atoms with Crippen LogP contribution in [0.3, 0.4) is 0 Å². The van der Waals surface area contributed by atoms with E-state index in [0.717, 1.165) is 5.56 Å². The molecule has 0 aromatic heterocycles. The fourth-order valence-electron chi connectivity index (χ4n) is 1.41. The smallest absolute Gasteiger partial charge is 0.248 e. The van der Waals surface area contributed by atoms with Gasteiger partial charge in [-0.15, -0.1) is 0 Å². The van der Waals surface area contributed by atoms with Gasteiger partial charge in [0.1, 0.15) is 12.4 Å². The van der Waals surface area contributed by atoms with Crippen molar-refractivity contribution in [2.75, 3.05) is 20.8 Å². The third kappa shape index (κ3) is 3.03. The number of halogens is 1. The van der Waals surface area contributed by atoms with Gasteiger partial charge in [-0.2, -0.15) is 0 Å². The van der Waals surface area contributed by atoms with Gasteiger partial charge in [0, 0.05) is 14.2 Å². The maximum absolute atomic E-state index is 12.7. The van der Waals surface area contributed by atoms with Gasteiger partial charge >= 0.3 is 0 Å². The standard InChI is InChI=1S/C12H16FNO2/c1-9(14(2)12(15)8-16-3)10-4-6-11(13)7-5-10/h4-7,9H,8H2,1-3H3/t9-/m0/s1. The normalized spacial score (nSPS) is 12.2. The Morgan fingerprint density at radius 1 is 1.44 bits per heavy atom. The number of carbonyl (C=O) groups is 1. The van der Waals surface area contributed by atoms with Crippen LogP contribution in [-0.4, -0.2) is 31.6 Å². The van der Waals surface area contributed by atoms with E-state index in [4.69, 9.17) is 4.74 Å². The molecule has 0 bridgehead atoms. The van der Waals surface area contributed by atoms with Crippen molar-refractivity contribution in [3.8, 4) is 0 Å². The van der Waals surface area contributed by atoms with Crippen LogP contribution in [0, 0.1) is 5.82 Å². The first kappa shape index (κ1) is 12.6. The molecule has 0 saturated heterocycles. The summed E-state index contributed by atoms with van der Waals surface area (Å²) in [6.45, 7) is 1.95. The second kappa shape index (κ2) is 5.61. The molecule has 3 nitrogen and oxygen atoms in total. The minimum Gasteiger partial charge on any atom is -0.375 e. The number of methoxy groups -OCH3 is 1. The summed E-state index contributed by atoms with van der Waals surface area (Å²) in [5.41, 5.74) is 0.897. The van der Waals surface area contributed by atoms with E-state index in [1.165, 1.54) is 19.2 Å². The summed E-state index contributed by atoms with van der Waals surface area (Å²) in [6, 6.07) is 6.04. The van der Waals surface area contributed by atoms with E-state index in [-0.39, 0.29) is 24.4 Å². The average Bonchev–Trinajstić information content (AvgIpc) is 2.28. The highest BCUT2D eigenvalue weighted by atomic mass is 19.1. The summed E-state index contributed by atoms with van der Waals surface area (Å²) < 4.78 is 17.5. The molecule has 0 fully saturated rings. The Balaban J connectivity index is 2.73. The SMILES string of the molecule is COCC(=O)N(C)[C@@H](C)c1ccc(F)cc1. The van der Waals surface area contributed by atoms with Crippen molar-refractivity contribution in [1.29, 1.82) is 0 Å². The molecule has 0 N–H and O–H groups in total. The van der Waals surface area contributed by atoms with Crippen LogP contribution in [0.1, 0.15) is 18.5 Å². The summed E-state index contributed by atoms with van der Waals surface area (Å²) >= 11 is 0. The lowest BCUT2D eigenvalue weighted by Crippen LogP contribution is -2.32. The average molecular weight is 225 g/mol. The van der Waals surface area contributed by atoms with E-state index >= 15 is 0 Å². The molecule has 1 atom stereocenters. The monoisotopic (exact) mass is 225 g/mol. The Kier molecular flexibility index (Phi) is 4.43. The van der Waals surface area contributed by atoms with Crippen molar-refractivity contribution < 1.29 is 13.9 Å². The first-order valence-electron chi connectivity index (χ1n) is 5.06. The topological polar surface area (TPSA) is 29.5 Å². The van der Waals surface area contributed by atoms with Gasteiger partial charge in [0.2, 0.25) is 5.91 Å². The highest BCUT2D eigenvalue weighted by Crippen LogP contribution is 2.18. The number of benzene rings is 1. The maximum atomic E-state index is 12.7. The van der Waals surface area contributed by atoms with Gasteiger partial charge < -0.3 is 9.64 Å². The number of ether oxygens (including phenoxy) is 1. The fraction of sp³-hybridized carbons (Fsp3) is 0.417. The molecule has 1 aromatic carbocycles. The molecule has 1 amide bonds. The molecule has 0 heterocycles. The van der Waals surface area contributed by atoms with Gasteiger partial charge in [-0.05, 0) is 24.6 Å². The van der Waals surface area contributed by atoms with E-state index in [2.05, 4.69) is 0 Å². The fourth-order valence-corrected chi connectivity index (χ4v) is 1.41. The van der Waals surface area contributed by atoms with Crippen molar-refractivity contribution in [2.24, 2.45) is 0 Å². The number of hydrogen-bond acceptors (Lipinski definition) is 2. The lowest BCUT2D eigenvalue weighted by molar-refractivity contribution is -0.135. The minimum absolute atomic E-state index is 0.0576. The molecule has 1 aromatic rings. The Hall–Kier alpha value is -1.42. The first-order chi connectivity index (χ1) is 7.56. The van der Waals surface area contributed by atoms with Crippen molar-refractivity contribution in [2.45, 2.75) is 13.0 Å². The molecular formula is C12H16FNO2. The first-order valence-corrected chi connectivity index (χ1v) is 5.06. The molecule has 0 saturated carbocycles. The third-order valence-electron chi connectivity index (χ3n) is 2.59. The minimum atomic E-state index is -0.276. The number of amides is 1. The number of rotatable bonds is 4. The van der Waals surface area contributed by atoms with Crippen molar-refractivity contribution in [3.05, 3.63) is 35.6 Å². The second-order valence-corrected chi connectivity index (χ2v) is 3.67. The predicted octanol–water partition coefficient (Wildman–Crippen LogP) is 1.99. The van der Waals surface area contributed by atoms with Crippen molar-refractivity contribution in [1.82, 2.24) is 4.90 Å². The van der Waals surface area contributed by atoms with Gasteiger partial charge in [0.05, 0.1) is 6.04 Å². The maximum Gasteiger partial charge on any atom is 0.248 e. The molecule has 88 valence electrons. The van der Waals surface area contributed by atoms with Crippen LogP contribution in [-0.2, 0) is 9.53 Å². The van der Waals surface area contributed by atoms with Gasteiger partial charge in [-0.1, -0.05) is 12.1 Å². The zero-order chi connectivity index (χ0) is 12.1. The van der Waals surface area contributed by atoms with Gasteiger partial charge in [0.25, 0.3) is 0 Å². The molecule has 0 spiro atoms. The lowest BCUT2D eigenvalue weighted by Gasteiger charge is -2.25. The molecule has 4 heteroatoms. The van der Waals surface area contributed by atoms with Crippen molar-refractivity contribution >= 4 is 5.91 Å². The van der Waals surface area contributed by atoms with E-state index in [1.807, 2.05) is 6.92 Å². The van der Waals surface area contributed by atoms with Crippen molar-refractivity contribution in [3.63, 3.8) is 0 Å². The molecule has 1 rings (SSSR count). The molecule has 0 aliphatic heterocycles. The van der Waals surface area contributed by atoms with Crippen LogP contribution in [0.2, 0.25) is 0 Å². The van der Waals surface area contributed by atoms with E-state index < -0.39 is 0 Å². The molecule has 0 unspecified atom stereocenters. The van der Waals surface area contributed by atoms with Crippen LogP contribution in [0.15, 0.2) is 24.3 Å². The summed E-state index contributed by atoms with van der Waals surface area (Å²) in [5.74, 6) is -0.374. The summed E-state index contributed by atoms with van der Waals surface area (Å²) in [6.07, 6.45) is 0.